The molecule has 64 heavy (non-hydrogen) atoms. The zero-order chi connectivity index (χ0) is 42.5. The molecular weight excluding hydrogens is 779 g/mol. The lowest BCUT2D eigenvalue weighted by Crippen LogP contribution is -2.17. The number of rotatable bonds is 6. The fourth-order valence-corrected chi connectivity index (χ4v) is 10.6. The van der Waals surface area contributed by atoms with Gasteiger partial charge in [0.1, 0.15) is 0 Å². The first-order chi connectivity index (χ1) is 31.5. The predicted octanol–water partition coefficient (Wildman–Crippen LogP) is 15.3. The summed E-state index contributed by atoms with van der Waals surface area (Å²) in [6, 6.07) is 76.3. The Morgan fingerprint density at radius 2 is 1.06 bits per heavy atom. The topological polar surface area (TPSA) is 38.9 Å². The van der Waals surface area contributed by atoms with Gasteiger partial charge >= 0.3 is 0 Å². The molecule has 0 amide bonds. The molecule has 1 aliphatic carbocycles. The largest absolute Gasteiger partial charge is 0.309 e. The van der Waals surface area contributed by atoms with E-state index in [9.17, 15) is 0 Å². The number of para-hydroxylation sites is 4. The Kier molecular flexibility index (Phi) is 7.88. The van der Waals surface area contributed by atoms with Crippen LogP contribution in [0, 0.1) is 0 Å². The summed E-state index contributed by atoms with van der Waals surface area (Å²) >= 11 is 0. The van der Waals surface area contributed by atoms with E-state index in [0.717, 1.165) is 50.4 Å². The van der Waals surface area contributed by atoms with Crippen molar-refractivity contribution in [1.82, 2.24) is 19.1 Å². The van der Waals surface area contributed by atoms with Gasteiger partial charge in [-0.15, -0.1) is 0 Å². The highest BCUT2D eigenvalue weighted by atomic mass is 15.3. The van der Waals surface area contributed by atoms with E-state index in [4.69, 9.17) is 9.97 Å². The molecule has 0 N–H and O–H groups in total. The zero-order valence-corrected chi connectivity index (χ0v) is 35.4. The summed E-state index contributed by atoms with van der Waals surface area (Å²) in [5.41, 5.74) is 15.7. The molecule has 0 saturated heterocycles. The van der Waals surface area contributed by atoms with E-state index >= 15 is 0 Å². The number of hydrogen-bond donors (Lipinski definition) is 0. The fraction of sp³-hybridized carbons (Fsp3) is 0.0508. The van der Waals surface area contributed by atoms with Crippen LogP contribution in [0.1, 0.15) is 25.0 Å². The van der Waals surface area contributed by atoms with Gasteiger partial charge in [-0.3, -0.25) is 9.47 Å². The van der Waals surface area contributed by atoms with E-state index in [2.05, 4.69) is 240 Å². The minimum absolute atomic E-state index is 0.184. The van der Waals surface area contributed by atoms with E-state index in [1.54, 1.807) is 0 Å². The average Bonchev–Trinajstić information content (AvgIpc) is 3.95. The van der Waals surface area contributed by atoms with Gasteiger partial charge in [0.05, 0.1) is 33.3 Å². The molecule has 0 unspecified atom stereocenters. The Morgan fingerprint density at radius 3 is 1.86 bits per heavy atom. The molecular formula is C59H41N5. The monoisotopic (exact) mass is 819 g/mol. The van der Waals surface area contributed by atoms with Gasteiger partial charge in [0.25, 0.3) is 0 Å². The van der Waals surface area contributed by atoms with Crippen molar-refractivity contribution in [1.29, 1.82) is 0 Å². The van der Waals surface area contributed by atoms with Gasteiger partial charge in [-0.1, -0.05) is 166 Å². The van der Waals surface area contributed by atoms with Crippen molar-refractivity contribution in [2.24, 2.45) is 0 Å². The van der Waals surface area contributed by atoms with Crippen LogP contribution in [0.3, 0.4) is 0 Å². The molecule has 3 heterocycles. The summed E-state index contributed by atoms with van der Waals surface area (Å²) in [4.78, 5) is 13.5. The van der Waals surface area contributed by atoms with Crippen molar-refractivity contribution in [3.05, 3.63) is 223 Å². The minimum Gasteiger partial charge on any atom is -0.309 e. The van der Waals surface area contributed by atoms with Crippen molar-refractivity contribution in [2.75, 3.05) is 4.90 Å². The standard InChI is InChI=1S/C59H41N5/c1-59(2)47-26-13-9-23-44(47)54-48(59)27-17-31-52(54)63(41-34-32-39(33-35-41)38-18-5-3-6-19-38)58-60-49-28-14-10-24-45(49)57(61-58)64-51-30-16-12-25-46(51)55-53(64)37-36-43-42-22-11-15-29-50(42)62(56(43)55)40-20-7-4-8-21-40/h3-37H,1-2H3. The Labute approximate surface area is 370 Å². The highest BCUT2D eigenvalue weighted by Crippen LogP contribution is 2.54. The van der Waals surface area contributed by atoms with E-state index in [1.807, 2.05) is 0 Å². The molecule has 13 rings (SSSR count). The van der Waals surface area contributed by atoms with Crippen LogP contribution in [0.5, 0.6) is 0 Å². The Hall–Kier alpha value is -8.28. The molecule has 0 aliphatic heterocycles. The first kappa shape index (κ1) is 36.4. The van der Waals surface area contributed by atoms with Crippen molar-refractivity contribution in [3.63, 3.8) is 0 Å². The Bertz CT molecular complexity index is 3800. The lowest BCUT2D eigenvalue weighted by atomic mass is 9.82. The maximum Gasteiger partial charge on any atom is 0.237 e. The van der Waals surface area contributed by atoms with Crippen molar-refractivity contribution >= 4 is 71.8 Å². The predicted molar refractivity (Wildman–Crippen MR) is 266 cm³/mol. The van der Waals surface area contributed by atoms with E-state index < -0.39 is 0 Å². The lowest BCUT2D eigenvalue weighted by Gasteiger charge is -2.28. The lowest BCUT2D eigenvalue weighted by molar-refractivity contribution is 0.660. The van der Waals surface area contributed by atoms with Crippen molar-refractivity contribution in [2.45, 2.75) is 19.3 Å². The van der Waals surface area contributed by atoms with Crippen LogP contribution in [0.15, 0.2) is 212 Å². The fourth-order valence-electron chi connectivity index (χ4n) is 10.6. The summed E-state index contributed by atoms with van der Waals surface area (Å²) in [6.45, 7) is 4.67. The molecule has 5 nitrogen and oxygen atoms in total. The van der Waals surface area contributed by atoms with Crippen LogP contribution < -0.4 is 4.90 Å². The zero-order valence-electron chi connectivity index (χ0n) is 35.4. The molecule has 0 atom stereocenters. The summed E-state index contributed by atoms with van der Waals surface area (Å²) in [6.07, 6.45) is 0. The summed E-state index contributed by atoms with van der Waals surface area (Å²) in [7, 11) is 0. The van der Waals surface area contributed by atoms with E-state index in [-0.39, 0.29) is 5.41 Å². The maximum atomic E-state index is 5.77. The van der Waals surface area contributed by atoms with Gasteiger partial charge in [-0.25, -0.2) is 4.98 Å². The third-order valence-corrected chi connectivity index (χ3v) is 13.5. The molecule has 1 aliphatic rings. The molecule has 0 bridgehead atoms. The summed E-state index contributed by atoms with van der Waals surface area (Å²) in [5.74, 6) is 1.43. The average molecular weight is 820 g/mol. The SMILES string of the molecule is CC1(C)c2ccccc2-c2c(N(c3ccc(-c4ccccc4)cc3)c3nc(-n4c5ccccc5c5c4ccc4c6ccccc6n(-c6ccccc6)c45)c4ccccc4n3)cccc21. The number of hydrogen-bond acceptors (Lipinski definition) is 3. The first-order valence-electron chi connectivity index (χ1n) is 22.0. The van der Waals surface area contributed by atoms with Gasteiger partial charge in [-0.05, 0) is 88.5 Å². The van der Waals surface area contributed by atoms with Gasteiger partial charge in [-0.2, -0.15) is 4.98 Å². The third-order valence-electron chi connectivity index (χ3n) is 13.5. The van der Waals surface area contributed by atoms with Gasteiger partial charge < -0.3 is 4.57 Å². The van der Waals surface area contributed by atoms with Gasteiger partial charge in [0, 0.05) is 49.3 Å². The highest BCUT2D eigenvalue weighted by molar-refractivity contribution is 6.26. The molecule has 0 saturated carbocycles. The smallest absolute Gasteiger partial charge is 0.237 e. The molecule has 9 aromatic carbocycles. The maximum absolute atomic E-state index is 5.77. The minimum atomic E-state index is -0.184. The van der Waals surface area contributed by atoms with Crippen LogP contribution in [0.4, 0.5) is 17.3 Å². The molecule has 3 aromatic heterocycles. The van der Waals surface area contributed by atoms with Crippen LogP contribution in [-0.2, 0) is 5.41 Å². The van der Waals surface area contributed by atoms with Crippen LogP contribution in [-0.4, -0.2) is 19.1 Å². The molecule has 302 valence electrons. The normalized spacial score (nSPS) is 13.0. The number of benzene rings is 9. The molecule has 0 fully saturated rings. The second-order valence-electron chi connectivity index (χ2n) is 17.4. The number of aromatic nitrogens is 4. The Morgan fingerprint density at radius 1 is 0.438 bits per heavy atom. The summed E-state index contributed by atoms with van der Waals surface area (Å²) in [5, 5.41) is 5.77. The highest BCUT2D eigenvalue weighted by Gasteiger charge is 2.38. The summed E-state index contributed by atoms with van der Waals surface area (Å²) < 4.78 is 4.80. The van der Waals surface area contributed by atoms with Crippen LogP contribution in [0.2, 0.25) is 0 Å². The number of fused-ring (bicyclic) bond motifs is 11. The van der Waals surface area contributed by atoms with E-state index in [1.165, 1.54) is 60.4 Å². The van der Waals surface area contributed by atoms with Gasteiger partial charge in [0.2, 0.25) is 5.95 Å². The second-order valence-corrected chi connectivity index (χ2v) is 17.4. The second kappa shape index (κ2) is 13.9. The van der Waals surface area contributed by atoms with Gasteiger partial charge in [0.15, 0.2) is 5.82 Å². The van der Waals surface area contributed by atoms with Crippen molar-refractivity contribution < 1.29 is 0 Å². The van der Waals surface area contributed by atoms with Crippen LogP contribution >= 0.6 is 0 Å². The molecule has 0 spiro atoms. The number of anilines is 3. The quantitative estimate of drug-likeness (QED) is 0.168. The first-order valence-corrected chi connectivity index (χ1v) is 22.0. The Balaban J connectivity index is 1.12. The number of nitrogens with zero attached hydrogens (tertiary/aromatic N) is 5. The molecule has 0 radical (unpaired) electrons. The third kappa shape index (κ3) is 5.25. The van der Waals surface area contributed by atoms with E-state index in [0.29, 0.717) is 5.95 Å². The molecule has 5 heteroatoms. The van der Waals surface area contributed by atoms with Crippen LogP contribution in [0.25, 0.3) is 88.3 Å². The molecule has 12 aromatic rings. The van der Waals surface area contributed by atoms with Crippen molar-refractivity contribution in [3.8, 4) is 33.8 Å².